The van der Waals surface area contributed by atoms with Gasteiger partial charge < -0.3 is 4.74 Å². The quantitative estimate of drug-likeness (QED) is 0.604. The van der Waals surface area contributed by atoms with Crippen LogP contribution in [0, 0.1) is 6.92 Å². The molecule has 2 nitrogen and oxygen atoms in total. The predicted octanol–water partition coefficient (Wildman–Crippen LogP) is 4.09. The number of hydrogen-bond acceptors (Lipinski definition) is 2. The highest BCUT2D eigenvalue weighted by Crippen LogP contribution is 2.28. The van der Waals surface area contributed by atoms with E-state index in [9.17, 15) is 4.79 Å². The highest BCUT2D eigenvalue weighted by atomic mass is 79.9. The minimum atomic E-state index is 0.115. The number of benzene rings is 1. The van der Waals surface area contributed by atoms with Crippen molar-refractivity contribution in [1.29, 1.82) is 0 Å². The van der Waals surface area contributed by atoms with Gasteiger partial charge in [0.15, 0.2) is 5.78 Å². The summed E-state index contributed by atoms with van der Waals surface area (Å²) in [5.41, 5.74) is 2.89. The average molecular weight is 299 g/mol. The molecule has 0 aromatic heterocycles. The van der Waals surface area contributed by atoms with E-state index >= 15 is 0 Å². The zero-order chi connectivity index (χ0) is 13.0. The van der Waals surface area contributed by atoms with E-state index in [0.717, 1.165) is 27.8 Å². The molecule has 1 aromatic carbocycles. The standard InChI is InChI=1S/C14H19BrO2/c1-9(2)12-8-14(17-6-5-15)10(3)7-13(12)11(4)16/h7-9H,5-6H2,1-4H3. The molecule has 0 unspecified atom stereocenters. The van der Waals surface area contributed by atoms with E-state index in [1.165, 1.54) is 0 Å². The third kappa shape index (κ3) is 3.56. The van der Waals surface area contributed by atoms with E-state index in [2.05, 4.69) is 29.8 Å². The van der Waals surface area contributed by atoms with Crippen molar-refractivity contribution in [2.75, 3.05) is 11.9 Å². The summed E-state index contributed by atoms with van der Waals surface area (Å²) in [5, 5.41) is 0.803. The molecule has 0 radical (unpaired) electrons. The van der Waals surface area contributed by atoms with Crippen LogP contribution in [0.25, 0.3) is 0 Å². The van der Waals surface area contributed by atoms with Gasteiger partial charge in [-0.1, -0.05) is 29.8 Å². The van der Waals surface area contributed by atoms with Gasteiger partial charge in [0.2, 0.25) is 0 Å². The van der Waals surface area contributed by atoms with Crippen LogP contribution in [0.1, 0.15) is 48.2 Å². The number of Topliss-reactive ketones (excluding diaryl/α,β-unsaturated/α-hetero) is 1. The second-order valence-corrected chi connectivity index (χ2v) is 5.25. The zero-order valence-corrected chi connectivity index (χ0v) is 12.4. The van der Waals surface area contributed by atoms with Crippen LogP contribution in [-0.4, -0.2) is 17.7 Å². The van der Waals surface area contributed by atoms with Crippen molar-refractivity contribution in [3.8, 4) is 5.75 Å². The fourth-order valence-electron chi connectivity index (χ4n) is 1.79. The zero-order valence-electron chi connectivity index (χ0n) is 10.8. The van der Waals surface area contributed by atoms with Gasteiger partial charge in [-0.2, -0.15) is 0 Å². The summed E-state index contributed by atoms with van der Waals surface area (Å²) in [6, 6.07) is 3.93. The number of ketones is 1. The molecule has 0 fully saturated rings. The summed E-state index contributed by atoms with van der Waals surface area (Å²) in [5.74, 6) is 1.31. The number of carbonyl (C=O) groups is 1. The Morgan fingerprint density at radius 2 is 2.06 bits per heavy atom. The third-order valence-electron chi connectivity index (χ3n) is 2.68. The number of hydrogen-bond donors (Lipinski definition) is 0. The Labute approximate surface area is 111 Å². The predicted molar refractivity (Wildman–Crippen MR) is 74.6 cm³/mol. The van der Waals surface area contributed by atoms with Gasteiger partial charge in [0.25, 0.3) is 0 Å². The van der Waals surface area contributed by atoms with Crippen molar-refractivity contribution >= 4 is 21.7 Å². The number of rotatable bonds is 5. The van der Waals surface area contributed by atoms with E-state index in [1.807, 2.05) is 19.1 Å². The van der Waals surface area contributed by atoms with Crippen LogP contribution in [0.2, 0.25) is 0 Å². The molecule has 0 N–H and O–H groups in total. The number of ether oxygens (including phenoxy) is 1. The van der Waals surface area contributed by atoms with Crippen molar-refractivity contribution < 1.29 is 9.53 Å². The summed E-state index contributed by atoms with van der Waals surface area (Å²) in [7, 11) is 0. The molecular weight excluding hydrogens is 280 g/mol. The molecule has 94 valence electrons. The van der Waals surface area contributed by atoms with Crippen LogP contribution in [0.4, 0.5) is 0 Å². The summed E-state index contributed by atoms with van der Waals surface area (Å²) in [6.07, 6.45) is 0. The van der Waals surface area contributed by atoms with E-state index in [1.54, 1.807) is 6.92 Å². The van der Waals surface area contributed by atoms with Crippen molar-refractivity contribution in [2.24, 2.45) is 0 Å². The molecule has 0 aliphatic carbocycles. The second-order valence-electron chi connectivity index (χ2n) is 4.45. The van der Waals surface area contributed by atoms with Crippen molar-refractivity contribution in [1.82, 2.24) is 0 Å². The number of halogens is 1. The van der Waals surface area contributed by atoms with Crippen LogP contribution < -0.4 is 4.74 Å². The normalized spacial score (nSPS) is 10.7. The summed E-state index contributed by atoms with van der Waals surface area (Å²) in [6.45, 7) is 8.40. The van der Waals surface area contributed by atoms with Gasteiger partial charge in [0, 0.05) is 10.9 Å². The van der Waals surface area contributed by atoms with Gasteiger partial charge in [0.1, 0.15) is 5.75 Å². The highest BCUT2D eigenvalue weighted by Gasteiger charge is 2.14. The topological polar surface area (TPSA) is 26.3 Å². The largest absolute Gasteiger partial charge is 0.492 e. The molecule has 0 atom stereocenters. The summed E-state index contributed by atoms with van der Waals surface area (Å²) >= 11 is 3.34. The minimum Gasteiger partial charge on any atom is -0.492 e. The van der Waals surface area contributed by atoms with Crippen LogP contribution in [-0.2, 0) is 0 Å². The molecule has 0 spiro atoms. The van der Waals surface area contributed by atoms with E-state index in [0.29, 0.717) is 12.5 Å². The fourth-order valence-corrected chi connectivity index (χ4v) is 1.95. The molecule has 0 saturated carbocycles. The second kappa shape index (κ2) is 6.20. The first kappa shape index (κ1) is 14.2. The van der Waals surface area contributed by atoms with Crippen LogP contribution in [0.5, 0.6) is 5.75 Å². The Bertz CT molecular complexity index is 411. The highest BCUT2D eigenvalue weighted by molar-refractivity contribution is 9.09. The Balaban J connectivity index is 3.20. The summed E-state index contributed by atoms with van der Waals surface area (Å²) < 4.78 is 5.65. The minimum absolute atomic E-state index is 0.115. The van der Waals surface area contributed by atoms with Crippen molar-refractivity contribution in [2.45, 2.75) is 33.6 Å². The number of alkyl halides is 1. The molecule has 17 heavy (non-hydrogen) atoms. The maximum Gasteiger partial charge on any atom is 0.160 e. The smallest absolute Gasteiger partial charge is 0.160 e. The van der Waals surface area contributed by atoms with Gasteiger partial charge in [-0.3, -0.25) is 4.79 Å². The molecule has 0 saturated heterocycles. The Morgan fingerprint density at radius 1 is 1.41 bits per heavy atom. The lowest BCUT2D eigenvalue weighted by atomic mass is 9.93. The number of carbonyl (C=O) groups excluding carboxylic acids is 1. The fraction of sp³-hybridized carbons (Fsp3) is 0.500. The van der Waals surface area contributed by atoms with Gasteiger partial charge >= 0.3 is 0 Å². The molecule has 3 heteroatoms. The molecular formula is C14H19BrO2. The van der Waals surface area contributed by atoms with Crippen LogP contribution in [0.3, 0.4) is 0 Å². The monoisotopic (exact) mass is 298 g/mol. The Morgan fingerprint density at radius 3 is 2.53 bits per heavy atom. The Kier molecular flexibility index (Phi) is 5.19. The first-order valence-electron chi connectivity index (χ1n) is 5.81. The van der Waals surface area contributed by atoms with E-state index in [4.69, 9.17) is 4.74 Å². The average Bonchev–Trinajstić information content (AvgIpc) is 2.26. The maximum atomic E-state index is 11.6. The maximum absolute atomic E-state index is 11.6. The lowest BCUT2D eigenvalue weighted by Crippen LogP contribution is -2.06. The first-order chi connectivity index (χ1) is 7.97. The van der Waals surface area contributed by atoms with E-state index < -0.39 is 0 Å². The molecule has 1 rings (SSSR count). The molecule has 0 heterocycles. The van der Waals surface area contributed by atoms with Crippen LogP contribution >= 0.6 is 15.9 Å². The first-order valence-corrected chi connectivity index (χ1v) is 6.93. The number of aryl methyl sites for hydroxylation is 1. The van der Waals surface area contributed by atoms with Gasteiger partial charge in [0.05, 0.1) is 6.61 Å². The van der Waals surface area contributed by atoms with Crippen LogP contribution in [0.15, 0.2) is 12.1 Å². The molecule has 0 amide bonds. The van der Waals surface area contributed by atoms with Gasteiger partial charge in [-0.25, -0.2) is 0 Å². The van der Waals surface area contributed by atoms with Crippen molar-refractivity contribution in [3.05, 3.63) is 28.8 Å². The van der Waals surface area contributed by atoms with Crippen molar-refractivity contribution in [3.63, 3.8) is 0 Å². The lowest BCUT2D eigenvalue weighted by molar-refractivity contribution is 0.101. The molecule has 0 aliphatic rings. The molecule has 0 aliphatic heterocycles. The van der Waals surface area contributed by atoms with Gasteiger partial charge in [-0.15, -0.1) is 0 Å². The molecule has 1 aromatic rings. The SMILES string of the molecule is CC(=O)c1cc(C)c(OCCBr)cc1C(C)C. The van der Waals surface area contributed by atoms with E-state index in [-0.39, 0.29) is 5.78 Å². The Hall–Kier alpha value is -0.830. The summed E-state index contributed by atoms with van der Waals surface area (Å²) in [4.78, 5) is 11.6. The van der Waals surface area contributed by atoms with Gasteiger partial charge in [-0.05, 0) is 43.0 Å². The molecule has 0 bridgehead atoms. The lowest BCUT2D eigenvalue weighted by Gasteiger charge is -2.15. The third-order valence-corrected chi connectivity index (χ3v) is 3.01.